The van der Waals surface area contributed by atoms with Crippen LogP contribution in [-0.2, 0) is 28.6 Å². The zero-order valence-corrected chi connectivity index (χ0v) is 36.6. The quantitative estimate of drug-likeness (QED) is 0.0203. The van der Waals surface area contributed by atoms with Crippen LogP contribution in [0.4, 0.5) is 0 Å². The van der Waals surface area contributed by atoms with Crippen molar-refractivity contribution >= 4 is 17.9 Å². The minimum absolute atomic E-state index is 0.103. The molecule has 0 saturated carbocycles. The van der Waals surface area contributed by atoms with Gasteiger partial charge in [-0.05, 0) is 83.5 Å². The molecule has 0 rings (SSSR count). The van der Waals surface area contributed by atoms with Crippen LogP contribution >= 0.6 is 0 Å². The Labute approximate surface area is 349 Å². The number of allylic oxidation sites excluding steroid dienone is 16. The van der Waals surface area contributed by atoms with Gasteiger partial charge in [0, 0.05) is 19.3 Å². The third-order valence-electron chi connectivity index (χ3n) is 9.20. The first-order chi connectivity index (χ1) is 28.0. The average molecular weight is 791 g/mol. The number of ether oxygens (including phenoxy) is 3. The van der Waals surface area contributed by atoms with Crippen LogP contribution in [0.15, 0.2) is 97.2 Å². The predicted octanol–water partition coefficient (Wildman–Crippen LogP) is 14.6. The standard InChI is InChI=1S/C51H82O6/c1-4-7-10-13-16-19-22-24-25-26-27-28-30-32-35-38-41-44-50(53)56-47-48(46-55-49(52)43-40-37-34-31-21-18-15-12-9-6-3)57-51(54)45-42-39-36-33-29-23-20-17-14-11-8-5-2/h7,10,13,15-20,22,24-28,30,48H,4-6,8-9,11-12,14,21,23,29,31-47H2,1-3H3/b10-7-,16-13-,18-15-,20-17-,22-19-,25-24-,27-26+,30-28-. The summed E-state index contributed by atoms with van der Waals surface area (Å²) in [6, 6.07) is 0. The third-order valence-corrected chi connectivity index (χ3v) is 9.20. The fourth-order valence-corrected chi connectivity index (χ4v) is 5.74. The summed E-state index contributed by atoms with van der Waals surface area (Å²) in [5, 5.41) is 0. The Hall–Kier alpha value is -3.67. The van der Waals surface area contributed by atoms with Gasteiger partial charge in [-0.2, -0.15) is 0 Å². The van der Waals surface area contributed by atoms with Gasteiger partial charge in [0.15, 0.2) is 6.10 Å². The summed E-state index contributed by atoms with van der Waals surface area (Å²) in [7, 11) is 0. The molecule has 0 aromatic heterocycles. The summed E-state index contributed by atoms with van der Waals surface area (Å²) < 4.78 is 16.6. The van der Waals surface area contributed by atoms with E-state index in [2.05, 4.69) is 57.2 Å². The average Bonchev–Trinajstić information content (AvgIpc) is 3.21. The molecule has 0 aliphatic carbocycles. The molecule has 0 amide bonds. The number of esters is 3. The van der Waals surface area contributed by atoms with Gasteiger partial charge in [0.2, 0.25) is 0 Å². The van der Waals surface area contributed by atoms with Crippen LogP contribution in [0.25, 0.3) is 0 Å². The van der Waals surface area contributed by atoms with Crippen LogP contribution in [0.3, 0.4) is 0 Å². The molecule has 0 fully saturated rings. The molecule has 322 valence electrons. The Morgan fingerprint density at radius 2 is 0.719 bits per heavy atom. The Balaban J connectivity index is 4.51. The van der Waals surface area contributed by atoms with E-state index in [1.165, 1.54) is 44.9 Å². The number of hydrogen-bond donors (Lipinski definition) is 0. The zero-order chi connectivity index (χ0) is 41.5. The van der Waals surface area contributed by atoms with Crippen molar-refractivity contribution in [1.82, 2.24) is 0 Å². The van der Waals surface area contributed by atoms with Crippen LogP contribution in [0.5, 0.6) is 0 Å². The van der Waals surface area contributed by atoms with E-state index >= 15 is 0 Å². The van der Waals surface area contributed by atoms with E-state index in [9.17, 15) is 14.4 Å². The van der Waals surface area contributed by atoms with Crippen LogP contribution in [0.2, 0.25) is 0 Å². The Bertz CT molecular complexity index is 1180. The number of carbonyl (C=O) groups is 3. The lowest BCUT2D eigenvalue weighted by Crippen LogP contribution is -2.30. The summed E-state index contributed by atoms with van der Waals surface area (Å²) >= 11 is 0. The van der Waals surface area contributed by atoms with E-state index in [0.29, 0.717) is 19.3 Å². The van der Waals surface area contributed by atoms with E-state index in [4.69, 9.17) is 14.2 Å². The summed E-state index contributed by atoms with van der Waals surface area (Å²) in [5.41, 5.74) is 0. The number of hydrogen-bond acceptors (Lipinski definition) is 6. The van der Waals surface area contributed by atoms with Gasteiger partial charge in [-0.1, -0.05) is 182 Å². The first-order valence-corrected chi connectivity index (χ1v) is 22.8. The molecule has 0 saturated heterocycles. The highest BCUT2D eigenvalue weighted by Crippen LogP contribution is 2.12. The van der Waals surface area contributed by atoms with Gasteiger partial charge in [0.25, 0.3) is 0 Å². The van der Waals surface area contributed by atoms with E-state index in [0.717, 1.165) is 103 Å². The lowest BCUT2D eigenvalue weighted by Gasteiger charge is -2.18. The molecule has 0 aromatic carbocycles. The fourth-order valence-electron chi connectivity index (χ4n) is 5.74. The maximum Gasteiger partial charge on any atom is 0.306 e. The van der Waals surface area contributed by atoms with Gasteiger partial charge < -0.3 is 14.2 Å². The van der Waals surface area contributed by atoms with Gasteiger partial charge >= 0.3 is 17.9 Å². The first kappa shape index (κ1) is 53.3. The van der Waals surface area contributed by atoms with E-state index in [1.807, 2.05) is 60.8 Å². The normalized spacial score (nSPS) is 13.0. The molecule has 0 bridgehead atoms. The summed E-state index contributed by atoms with van der Waals surface area (Å²) in [5.74, 6) is -0.981. The Kier molecular flexibility index (Phi) is 42.1. The SMILES string of the molecule is CC\C=C/C=C\C=C/C=C\C=C\C=C/CCCCCC(=O)OCC(COC(=O)CCCCCC/C=C\CCCC)OC(=O)CCCCCCC/C=C\CCCCC. The second-order valence-corrected chi connectivity index (χ2v) is 14.7. The van der Waals surface area contributed by atoms with Crippen molar-refractivity contribution in [3.63, 3.8) is 0 Å². The largest absolute Gasteiger partial charge is 0.462 e. The minimum atomic E-state index is -0.803. The minimum Gasteiger partial charge on any atom is -0.462 e. The number of rotatable bonds is 39. The molecule has 1 atom stereocenters. The van der Waals surface area contributed by atoms with E-state index < -0.39 is 6.10 Å². The molecular weight excluding hydrogens is 709 g/mol. The Morgan fingerprint density at radius 3 is 1.19 bits per heavy atom. The van der Waals surface area contributed by atoms with Crippen molar-refractivity contribution in [2.75, 3.05) is 13.2 Å². The van der Waals surface area contributed by atoms with Gasteiger partial charge in [-0.25, -0.2) is 0 Å². The van der Waals surface area contributed by atoms with Crippen molar-refractivity contribution in [3.05, 3.63) is 97.2 Å². The van der Waals surface area contributed by atoms with Gasteiger partial charge in [0.05, 0.1) is 0 Å². The fraction of sp³-hybridized carbons (Fsp3) is 0.627. The maximum atomic E-state index is 12.7. The molecule has 0 spiro atoms. The van der Waals surface area contributed by atoms with Crippen molar-refractivity contribution in [2.45, 2.75) is 194 Å². The Morgan fingerprint density at radius 1 is 0.368 bits per heavy atom. The summed E-state index contributed by atoms with van der Waals surface area (Å²) in [6.07, 6.45) is 58.1. The lowest BCUT2D eigenvalue weighted by molar-refractivity contribution is -0.167. The maximum absolute atomic E-state index is 12.7. The van der Waals surface area contributed by atoms with Crippen LogP contribution in [0, 0.1) is 0 Å². The zero-order valence-electron chi connectivity index (χ0n) is 36.6. The molecule has 0 aromatic rings. The van der Waals surface area contributed by atoms with E-state index in [-0.39, 0.29) is 31.1 Å². The van der Waals surface area contributed by atoms with Gasteiger partial charge in [-0.15, -0.1) is 0 Å². The van der Waals surface area contributed by atoms with E-state index in [1.54, 1.807) is 0 Å². The summed E-state index contributed by atoms with van der Waals surface area (Å²) in [4.78, 5) is 37.7. The molecule has 0 radical (unpaired) electrons. The molecule has 0 aliphatic rings. The molecule has 6 nitrogen and oxygen atoms in total. The molecule has 0 aliphatic heterocycles. The topological polar surface area (TPSA) is 78.9 Å². The smallest absolute Gasteiger partial charge is 0.306 e. The first-order valence-electron chi connectivity index (χ1n) is 22.8. The summed E-state index contributed by atoms with van der Waals surface area (Å²) in [6.45, 7) is 6.34. The molecule has 1 unspecified atom stereocenters. The molecular formula is C51H82O6. The van der Waals surface area contributed by atoms with Gasteiger partial charge in [-0.3, -0.25) is 14.4 Å². The monoisotopic (exact) mass is 791 g/mol. The molecule has 0 heterocycles. The van der Waals surface area contributed by atoms with Crippen LogP contribution < -0.4 is 0 Å². The van der Waals surface area contributed by atoms with Crippen LogP contribution in [-0.4, -0.2) is 37.2 Å². The molecule has 0 N–H and O–H groups in total. The van der Waals surface area contributed by atoms with Crippen molar-refractivity contribution in [1.29, 1.82) is 0 Å². The predicted molar refractivity (Wildman–Crippen MR) is 242 cm³/mol. The highest BCUT2D eigenvalue weighted by atomic mass is 16.6. The lowest BCUT2D eigenvalue weighted by atomic mass is 10.1. The highest BCUT2D eigenvalue weighted by molar-refractivity contribution is 5.71. The number of unbranched alkanes of at least 4 members (excludes halogenated alkanes) is 17. The molecule has 6 heteroatoms. The van der Waals surface area contributed by atoms with Crippen molar-refractivity contribution in [2.24, 2.45) is 0 Å². The molecule has 57 heavy (non-hydrogen) atoms. The second kappa shape index (κ2) is 45.0. The third kappa shape index (κ3) is 43.3. The highest BCUT2D eigenvalue weighted by Gasteiger charge is 2.19. The van der Waals surface area contributed by atoms with Crippen molar-refractivity contribution < 1.29 is 28.6 Å². The van der Waals surface area contributed by atoms with Gasteiger partial charge in [0.1, 0.15) is 13.2 Å². The van der Waals surface area contributed by atoms with Crippen LogP contribution in [0.1, 0.15) is 188 Å². The number of carbonyl (C=O) groups excluding carboxylic acids is 3. The second-order valence-electron chi connectivity index (χ2n) is 14.7. The van der Waals surface area contributed by atoms with Crippen molar-refractivity contribution in [3.8, 4) is 0 Å².